The molecular formula is C14H13FN2O2S. The number of hydrogen-bond acceptors (Lipinski definition) is 4. The SMILES string of the molecule is O=[N+]([O-])c1c(F)cccc1N(Cc1cccs1)C1CC1. The summed E-state index contributed by atoms with van der Waals surface area (Å²) >= 11 is 1.60. The van der Waals surface area contributed by atoms with E-state index in [9.17, 15) is 14.5 Å². The number of benzene rings is 1. The molecule has 1 fully saturated rings. The first kappa shape index (κ1) is 13.1. The van der Waals surface area contributed by atoms with Crippen molar-refractivity contribution < 1.29 is 9.31 Å². The van der Waals surface area contributed by atoms with Crippen LogP contribution in [0.4, 0.5) is 15.8 Å². The van der Waals surface area contributed by atoms with Crippen LogP contribution in [0.2, 0.25) is 0 Å². The van der Waals surface area contributed by atoms with Crippen LogP contribution in [-0.2, 0) is 6.54 Å². The number of rotatable bonds is 5. The fraction of sp³-hybridized carbons (Fsp3) is 0.286. The van der Waals surface area contributed by atoms with Crippen LogP contribution in [0.5, 0.6) is 0 Å². The molecule has 1 saturated carbocycles. The van der Waals surface area contributed by atoms with Gasteiger partial charge in [0.25, 0.3) is 0 Å². The summed E-state index contributed by atoms with van der Waals surface area (Å²) in [4.78, 5) is 13.6. The molecule has 0 radical (unpaired) electrons. The number of anilines is 1. The Hall–Kier alpha value is -1.95. The molecular weight excluding hydrogens is 279 g/mol. The summed E-state index contributed by atoms with van der Waals surface area (Å²) < 4.78 is 13.8. The highest BCUT2D eigenvalue weighted by molar-refractivity contribution is 7.09. The lowest BCUT2D eigenvalue weighted by Gasteiger charge is -2.23. The Balaban J connectivity index is 1.99. The molecule has 0 atom stereocenters. The quantitative estimate of drug-likeness (QED) is 0.619. The van der Waals surface area contributed by atoms with Crippen LogP contribution < -0.4 is 4.90 Å². The molecule has 0 N–H and O–H groups in total. The predicted octanol–water partition coefficient (Wildman–Crippen LogP) is 3.96. The van der Waals surface area contributed by atoms with E-state index in [1.54, 1.807) is 17.4 Å². The lowest BCUT2D eigenvalue weighted by molar-refractivity contribution is -0.386. The van der Waals surface area contributed by atoms with Gasteiger partial charge in [-0.15, -0.1) is 11.3 Å². The number of nitro benzene ring substituents is 1. The third kappa shape index (κ3) is 2.51. The van der Waals surface area contributed by atoms with Crippen molar-refractivity contribution in [1.29, 1.82) is 0 Å². The number of para-hydroxylation sites is 1. The Labute approximate surface area is 119 Å². The number of halogens is 1. The molecule has 2 aromatic rings. The number of nitro groups is 1. The fourth-order valence-corrected chi connectivity index (χ4v) is 2.99. The summed E-state index contributed by atoms with van der Waals surface area (Å²) in [6, 6.07) is 8.51. The van der Waals surface area contributed by atoms with Crippen LogP contribution in [-0.4, -0.2) is 11.0 Å². The minimum atomic E-state index is -0.774. The third-order valence-electron chi connectivity index (χ3n) is 3.35. The van der Waals surface area contributed by atoms with Gasteiger partial charge in [0.05, 0.1) is 11.5 Å². The van der Waals surface area contributed by atoms with Gasteiger partial charge in [-0.2, -0.15) is 4.39 Å². The summed E-state index contributed by atoms with van der Waals surface area (Å²) in [6.45, 7) is 0.590. The maximum atomic E-state index is 13.8. The van der Waals surface area contributed by atoms with E-state index in [1.165, 1.54) is 6.07 Å². The molecule has 0 spiro atoms. The van der Waals surface area contributed by atoms with Crippen LogP contribution in [0.3, 0.4) is 0 Å². The molecule has 104 valence electrons. The second-order valence-electron chi connectivity index (χ2n) is 4.80. The normalized spacial score (nSPS) is 14.2. The average molecular weight is 292 g/mol. The first-order valence-electron chi connectivity index (χ1n) is 6.39. The molecule has 20 heavy (non-hydrogen) atoms. The van der Waals surface area contributed by atoms with Gasteiger partial charge in [-0.1, -0.05) is 12.1 Å². The van der Waals surface area contributed by atoms with Crippen molar-refractivity contribution in [2.75, 3.05) is 4.90 Å². The van der Waals surface area contributed by atoms with Gasteiger partial charge in [-0.25, -0.2) is 0 Å². The zero-order chi connectivity index (χ0) is 14.1. The fourth-order valence-electron chi connectivity index (χ4n) is 2.28. The van der Waals surface area contributed by atoms with E-state index in [0.29, 0.717) is 12.2 Å². The maximum absolute atomic E-state index is 13.8. The number of thiophene rings is 1. The Morgan fingerprint density at radius 1 is 1.35 bits per heavy atom. The zero-order valence-corrected chi connectivity index (χ0v) is 11.5. The van der Waals surface area contributed by atoms with E-state index in [1.807, 2.05) is 22.4 Å². The third-order valence-corrected chi connectivity index (χ3v) is 4.21. The summed E-state index contributed by atoms with van der Waals surface area (Å²) in [6.07, 6.45) is 2.00. The van der Waals surface area contributed by atoms with E-state index in [2.05, 4.69) is 0 Å². The van der Waals surface area contributed by atoms with Crippen molar-refractivity contribution in [2.45, 2.75) is 25.4 Å². The van der Waals surface area contributed by atoms with Crippen molar-refractivity contribution in [2.24, 2.45) is 0 Å². The van der Waals surface area contributed by atoms with Crippen molar-refractivity contribution in [1.82, 2.24) is 0 Å². The van der Waals surface area contributed by atoms with E-state index in [-0.39, 0.29) is 6.04 Å². The zero-order valence-electron chi connectivity index (χ0n) is 10.7. The number of hydrogen-bond donors (Lipinski definition) is 0. The average Bonchev–Trinajstić information content (AvgIpc) is 3.12. The Kier molecular flexibility index (Phi) is 3.40. The molecule has 1 aromatic heterocycles. The van der Waals surface area contributed by atoms with E-state index >= 15 is 0 Å². The summed E-state index contributed by atoms with van der Waals surface area (Å²) in [5.41, 5.74) is -0.0399. The van der Waals surface area contributed by atoms with E-state index in [4.69, 9.17) is 0 Å². The van der Waals surface area contributed by atoms with Gasteiger partial charge in [0, 0.05) is 10.9 Å². The highest BCUT2D eigenvalue weighted by Gasteiger charge is 2.34. The second-order valence-corrected chi connectivity index (χ2v) is 5.84. The van der Waals surface area contributed by atoms with Gasteiger partial charge in [-0.3, -0.25) is 10.1 Å². The monoisotopic (exact) mass is 292 g/mol. The summed E-state index contributed by atoms with van der Waals surface area (Å²) in [5.74, 6) is -0.774. The lowest BCUT2D eigenvalue weighted by Crippen LogP contribution is -2.25. The Morgan fingerprint density at radius 2 is 2.15 bits per heavy atom. The van der Waals surface area contributed by atoms with Gasteiger partial charge in [0.2, 0.25) is 5.82 Å². The van der Waals surface area contributed by atoms with Gasteiger partial charge in [-0.05, 0) is 36.4 Å². The van der Waals surface area contributed by atoms with Crippen LogP contribution in [0.15, 0.2) is 35.7 Å². The molecule has 1 heterocycles. The minimum absolute atomic E-state index is 0.276. The van der Waals surface area contributed by atoms with Gasteiger partial charge < -0.3 is 4.90 Å². The van der Waals surface area contributed by atoms with Gasteiger partial charge in [0.15, 0.2) is 0 Å². The predicted molar refractivity (Wildman–Crippen MR) is 76.6 cm³/mol. The Bertz CT molecular complexity index is 626. The molecule has 1 aromatic carbocycles. The molecule has 0 aliphatic heterocycles. The van der Waals surface area contributed by atoms with Crippen LogP contribution in [0.1, 0.15) is 17.7 Å². The Morgan fingerprint density at radius 3 is 2.75 bits per heavy atom. The molecule has 1 aliphatic rings. The van der Waals surface area contributed by atoms with Crippen LogP contribution in [0.25, 0.3) is 0 Å². The van der Waals surface area contributed by atoms with Crippen molar-refractivity contribution >= 4 is 22.7 Å². The smallest absolute Gasteiger partial charge is 0.327 e. The summed E-state index contributed by atoms with van der Waals surface area (Å²) in [7, 11) is 0. The van der Waals surface area contributed by atoms with E-state index in [0.717, 1.165) is 23.8 Å². The molecule has 0 amide bonds. The van der Waals surface area contributed by atoms with Crippen LogP contribution in [0, 0.1) is 15.9 Å². The lowest BCUT2D eigenvalue weighted by atomic mass is 10.2. The molecule has 0 bridgehead atoms. The van der Waals surface area contributed by atoms with Crippen molar-refractivity contribution in [3.63, 3.8) is 0 Å². The summed E-state index contributed by atoms with van der Waals surface area (Å²) in [5, 5.41) is 13.1. The highest BCUT2D eigenvalue weighted by Crippen LogP contribution is 2.39. The van der Waals surface area contributed by atoms with Gasteiger partial charge >= 0.3 is 5.69 Å². The molecule has 6 heteroatoms. The standard InChI is InChI=1S/C14H13FN2O2S/c15-12-4-1-5-13(14(12)17(18)19)16(10-6-7-10)9-11-3-2-8-20-11/h1-5,8,10H,6-7,9H2. The maximum Gasteiger partial charge on any atom is 0.327 e. The van der Waals surface area contributed by atoms with Gasteiger partial charge in [0.1, 0.15) is 5.69 Å². The molecule has 0 unspecified atom stereocenters. The van der Waals surface area contributed by atoms with Crippen molar-refractivity contribution in [3.8, 4) is 0 Å². The van der Waals surface area contributed by atoms with Crippen molar-refractivity contribution in [3.05, 3.63) is 56.5 Å². The molecule has 0 saturated heterocycles. The second kappa shape index (κ2) is 5.20. The first-order chi connectivity index (χ1) is 9.66. The highest BCUT2D eigenvalue weighted by atomic mass is 32.1. The minimum Gasteiger partial charge on any atom is -0.358 e. The topological polar surface area (TPSA) is 46.4 Å². The first-order valence-corrected chi connectivity index (χ1v) is 7.26. The van der Waals surface area contributed by atoms with E-state index < -0.39 is 16.4 Å². The molecule has 4 nitrogen and oxygen atoms in total. The molecule has 3 rings (SSSR count). The van der Waals surface area contributed by atoms with Crippen LogP contribution >= 0.6 is 11.3 Å². The molecule has 1 aliphatic carbocycles. The number of nitrogens with zero attached hydrogens (tertiary/aromatic N) is 2. The largest absolute Gasteiger partial charge is 0.358 e.